The SMILES string of the molecule is COCCn1c(CN2CCNCC2)nc2ccccc21. The molecule has 0 bridgehead atoms. The fraction of sp³-hybridized carbons (Fsp3) is 0.533. The lowest BCUT2D eigenvalue weighted by Gasteiger charge is -2.27. The predicted octanol–water partition coefficient (Wildman–Crippen LogP) is 1.09. The smallest absolute Gasteiger partial charge is 0.124 e. The van der Waals surface area contributed by atoms with Gasteiger partial charge in [-0.2, -0.15) is 0 Å². The maximum Gasteiger partial charge on any atom is 0.124 e. The topological polar surface area (TPSA) is 42.3 Å². The summed E-state index contributed by atoms with van der Waals surface area (Å²) in [5, 5.41) is 3.39. The molecule has 0 aliphatic carbocycles. The summed E-state index contributed by atoms with van der Waals surface area (Å²) in [7, 11) is 1.75. The van der Waals surface area contributed by atoms with E-state index in [0.717, 1.165) is 57.2 Å². The highest BCUT2D eigenvalue weighted by molar-refractivity contribution is 5.75. The number of ether oxygens (including phenoxy) is 1. The third kappa shape index (κ3) is 2.85. The maximum absolute atomic E-state index is 5.24. The van der Waals surface area contributed by atoms with Crippen molar-refractivity contribution in [1.82, 2.24) is 19.8 Å². The highest BCUT2D eigenvalue weighted by Gasteiger charge is 2.15. The molecule has 5 heteroatoms. The second-order valence-corrected chi connectivity index (χ2v) is 5.19. The average Bonchev–Trinajstić information content (AvgIpc) is 2.83. The molecule has 0 unspecified atom stereocenters. The second kappa shape index (κ2) is 6.35. The zero-order valence-corrected chi connectivity index (χ0v) is 12.0. The van der Waals surface area contributed by atoms with Gasteiger partial charge in [-0.1, -0.05) is 12.1 Å². The van der Waals surface area contributed by atoms with Gasteiger partial charge in [0, 0.05) is 39.8 Å². The van der Waals surface area contributed by atoms with Crippen molar-refractivity contribution in [3.05, 3.63) is 30.1 Å². The Morgan fingerprint density at radius 3 is 2.85 bits per heavy atom. The highest BCUT2D eigenvalue weighted by atomic mass is 16.5. The van der Waals surface area contributed by atoms with E-state index in [4.69, 9.17) is 9.72 Å². The van der Waals surface area contributed by atoms with Gasteiger partial charge in [0.25, 0.3) is 0 Å². The van der Waals surface area contributed by atoms with E-state index in [0.29, 0.717) is 0 Å². The van der Waals surface area contributed by atoms with Crippen molar-refractivity contribution in [2.45, 2.75) is 13.1 Å². The number of methoxy groups -OCH3 is 1. The number of nitrogens with zero attached hydrogens (tertiary/aromatic N) is 3. The first-order chi connectivity index (χ1) is 9.88. The Morgan fingerprint density at radius 2 is 2.05 bits per heavy atom. The molecular weight excluding hydrogens is 252 g/mol. The number of fused-ring (bicyclic) bond motifs is 1. The predicted molar refractivity (Wildman–Crippen MR) is 79.8 cm³/mol. The summed E-state index contributed by atoms with van der Waals surface area (Å²) in [6, 6.07) is 8.34. The van der Waals surface area contributed by atoms with Crippen molar-refractivity contribution >= 4 is 11.0 Å². The van der Waals surface area contributed by atoms with Crippen LogP contribution in [0, 0.1) is 0 Å². The zero-order valence-electron chi connectivity index (χ0n) is 12.0. The molecule has 2 aromatic rings. The Labute approximate surface area is 119 Å². The van der Waals surface area contributed by atoms with Crippen LogP contribution in [-0.4, -0.2) is 54.3 Å². The fourth-order valence-corrected chi connectivity index (χ4v) is 2.75. The van der Waals surface area contributed by atoms with E-state index in [1.54, 1.807) is 7.11 Å². The Balaban J connectivity index is 1.87. The van der Waals surface area contributed by atoms with E-state index in [-0.39, 0.29) is 0 Å². The zero-order chi connectivity index (χ0) is 13.8. The van der Waals surface area contributed by atoms with Gasteiger partial charge in [0.05, 0.1) is 24.2 Å². The summed E-state index contributed by atoms with van der Waals surface area (Å²) in [4.78, 5) is 7.26. The van der Waals surface area contributed by atoms with Crippen LogP contribution in [0.3, 0.4) is 0 Å². The van der Waals surface area contributed by atoms with Crippen LogP contribution in [0.15, 0.2) is 24.3 Å². The lowest BCUT2D eigenvalue weighted by molar-refractivity contribution is 0.183. The van der Waals surface area contributed by atoms with E-state index in [9.17, 15) is 0 Å². The number of imidazole rings is 1. The summed E-state index contributed by atoms with van der Waals surface area (Å²) < 4.78 is 7.53. The largest absolute Gasteiger partial charge is 0.383 e. The minimum atomic E-state index is 0.717. The van der Waals surface area contributed by atoms with Crippen molar-refractivity contribution in [2.75, 3.05) is 39.9 Å². The number of rotatable bonds is 5. The van der Waals surface area contributed by atoms with E-state index in [1.165, 1.54) is 5.52 Å². The number of piperazine rings is 1. The van der Waals surface area contributed by atoms with Gasteiger partial charge in [0.1, 0.15) is 5.82 Å². The van der Waals surface area contributed by atoms with Crippen LogP contribution in [0.25, 0.3) is 11.0 Å². The van der Waals surface area contributed by atoms with Gasteiger partial charge in [0.15, 0.2) is 0 Å². The van der Waals surface area contributed by atoms with Crippen LogP contribution in [0.2, 0.25) is 0 Å². The number of benzene rings is 1. The molecule has 2 heterocycles. The van der Waals surface area contributed by atoms with Crippen LogP contribution in [0.5, 0.6) is 0 Å². The van der Waals surface area contributed by atoms with Crippen molar-refractivity contribution < 1.29 is 4.74 Å². The number of para-hydroxylation sites is 2. The lowest BCUT2D eigenvalue weighted by atomic mass is 10.3. The standard InChI is InChI=1S/C15H22N4O/c1-20-11-10-19-14-5-3-2-4-13(14)17-15(19)12-18-8-6-16-7-9-18/h2-5,16H,6-12H2,1H3. The number of hydrogen-bond donors (Lipinski definition) is 1. The molecule has 108 valence electrons. The molecule has 1 aliphatic heterocycles. The van der Waals surface area contributed by atoms with Crippen molar-refractivity contribution in [3.63, 3.8) is 0 Å². The molecule has 0 amide bonds. The van der Waals surface area contributed by atoms with Crippen LogP contribution in [0.1, 0.15) is 5.82 Å². The molecule has 1 N–H and O–H groups in total. The number of hydrogen-bond acceptors (Lipinski definition) is 4. The Hall–Kier alpha value is -1.43. The monoisotopic (exact) mass is 274 g/mol. The van der Waals surface area contributed by atoms with Gasteiger partial charge in [-0.15, -0.1) is 0 Å². The van der Waals surface area contributed by atoms with Gasteiger partial charge in [-0.05, 0) is 12.1 Å². The molecule has 0 saturated carbocycles. The average molecular weight is 274 g/mol. The van der Waals surface area contributed by atoms with E-state index >= 15 is 0 Å². The molecule has 3 rings (SSSR count). The van der Waals surface area contributed by atoms with Crippen LogP contribution >= 0.6 is 0 Å². The number of aromatic nitrogens is 2. The molecule has 1 fully saturated rings. The summed E-state index contributed by atoms with van der Waals surface area (Å²) in [6.45, 7) is 6.81. The van der Waals surface area contributed by atoms with Gasteiger partial charge in [0.2, 0.25) is 0 Å². The quantitative estimate of drug-likeness (QED) is 0.886. The first-order valence-corrected chi connectivity index (χ1v) is 7.24. The second-order valence-electron chi connectivity index (χ2n) is 5.19. The van der Waals surface area contributed by atoms with Crippen molar-refractivity contribution in [1.29, 1.82) is 0 Å². The van der Waals surface area contributed by atoms with Crippen molar-refractivity contribution in [3.8, 4) is 0 Å². The lowest BCUT2D eigenvalue weighted by Crippen LogP contribution is -2.43. The molecule has 0 radical (unpaired) electrons. The summed E-state index contributed by atoms with van der Waals surface area (Å²) in [5.74, 6) is 1.14. The molecule has 1 aromatic heterocycles. The van der Waals surface area contributed by atoms with E-state index in [1.807, 2.05) is 6.07 Å². The summed E-state index contributed by atoms with van der Waals surface area (Å²) in [6.07, 6.45) is 0. The van der Waals surface area contributed by atoms with Crippen LogP contribution in [0.4, 0.5) is 0 Å². The molecule has 5 nitrogen and oxygen atoms in total. The Bertz CT molecular complexity index is 560. The fourth-order valence-electron chi connectivity index (χ4n) is 2.75. The third-order valence-corrected chi connectivity index (χ3v) is 3.83. The van der Waals surface area contributed by atoms with Gasteiger partial charge >= 0.3 is 0 Å². The highest BCUT2D eigenvalue weighted by Crippen LogP contribution is 2.17. The van der Waals surface area contributed by atoms with Gasteiger partial charge < -0.3 is 14.6 Å². The number of nitrogens with one attached hydrogen (secondary N) is 1. The van der Waals surface area contributed by atoms with Crippen LogP contribution < -0.4 is 5.32 Å². The molecule has 0 spiro atoms. The minimum Gasteiger partial charge on any atom is -0.383 e. The minimum absolute atomic E-state index is 0.717. The summed E-state index contributed by atoms with van der Waals surface area (Å²) in [5.41, 5.74) is 2.28. The first kappa shape index (κ1) is 13.5. The molecule has 1 aliphatic rings. The maximum atomic E-state index is 5.24. The van der Waals surface area contributed by atoms with Gasteiger partial charge in [-0.3, -0.25) is 4.90 Å². The molecule has 1 saturated heterocycles. The van der Waals surface area contributed by atoms with Crippen molar-refractivity contribution in [2.24, 2.45) is 0 Å². The third-order valence-electron chi connectivity index (χ3n) is 3.83. The summed E-state index contributed by atoms with van der Waals surface area (Å²) >= 11 is 0. The molecule has 1 aromatic carbocycles. The molecular formula is C15H22N4O. The Morgan fingerprint density at radius 1 is 1.25 bits per heavy atom. The van der Waals surface area contributed by atoms with E-state index < -0.39 is 0 Å². The normalized spacial score (nSPS) is 16.9. The van der Waals surface area contributed by atoms with Gasteiger partial charge in [-0.25, -0.2) is 4.98 Å². The first-order valence-electron chi connectivity index (χ1n) is 7.24. The molecule has 20 heavy (non-hydrogen) atoms. The molecule has 0 atom stereocenters. The van der Waals surface area contributed by atoms with Crippen LogP contribution in [-0.2, 0) is 17.8 Å². The van der Waals surface area contributed by atoms with E-state index in [2.05, 4.69) is 33.0 Å². The Kier molecular flexibility index (Phi) is 4.30.